The van der Waals surface area contributed by atoms with Crippen molar-refractivity contribution in [1.82, 2.24) is 16.0 Å². The highest BCUT2D eigenvalue weighted by Crippen LogP contribution is 2.05. The fourth-order valence-electron chi connectivity index (χ4n) is 1.94. The summed E-state index contributed by atoms with van der Waals surface area (Å²) < 4.78 is 4.57. The first-order valence-corrected chi connectivity index (χ1v) is 7.43. The third kappa shape index (κ3) is 8.14. The minimum atomic E-state index is -0.265. The van der Waals surface area contributed by atoms with Crippen molar-refractivity contribution >= 4 is 41.8 Å². The van der Waals surface area contributed by atoms with Crippen LogP contribution in [0.2, 0.25) is 0 Å². The summed E-state index contributed by atoms with van der Waals surface area (Å²) in [5, 5.41) is 8.80. The molecular weight excluding hydrogens is 423 g/mol. The van der Waals surface area contributed by atoms with Crippen LogP contribution in [0.1, 0.15) is 22.3 Å². The number of hydrogen-bond donors (Lipinski definition) is 3. The Balaban J connectivity index is 0.00000529. The largest absolute Gasteiger partial charge is 0.469 e. The van der Waals surface area contributed by atoms with E-state index in [1.807, 2.05) is 18.2 Å². The molecule has 3 N–H and O–H groups in total. The summed E-state index contributed by atoms with van der Waals surface area (Å²) in [5.41, 5.74) is 1.70. The van der Waals surface area contributed by atoms with E-state index < -0.39 is 0 Å². The van der Waals surface area contributed by atoms with Crippen molar-refractivity contribution < 1.29 is 14.3 Å². The average molecular weight is 448 g/mol. The Kier molecular flexibility index (Phi) is 11.6. The number of guanidine groups is 1. The van der Waals surface area contributed by atoms with Gasteiger partial charge in [-0.2, -0.15) is 0 Å². The summed E-state index contributed by atoms with van der Waals surface area (Å²) in [6.07, 6.45) is 1.04. The van der Waals surface area contributed by atoms with Gasteiger partial charge in [0.25, 0.3) is 5.91 Å². The third-order valence-corrected chi connectivity index (χ3v) is 3.20. The molecule has 24 heavy (non-hydrogen) atoms. The number of methoxy groups -OCH3 is 1. The quantitative estimate of drug-likeness (QED) is 0.250. The van der Waals surface area contributed by atoms with Gasteiger partial charge in [0.15, 0.2) is 5.96 Å². The van der Waals surface area contributed by atoms with E-state index in [9.17, 15) is 9.59 Å². The first-order chi connectivity index (χ1) is 11.1. The molecule has 0 saturated heterocycles. The molecule has 0 radical (unpaired) electrons. The zero-order valence-corrected chi connectivity index (χ0v) is 16.5. The number of aliphatic imine (C=N–C) groups is 1. The molecule has 0 unspecified atom stereocenters. The molecule has 0 aromatic heterocycles. The van der Waals surface area contributed by atoms with Crippen molar-refractivity contribution in [3.8, 4) is 0 Å². The molecule has 0 bridgehead atoms. The number of hydrogen-bond acceptors (Lipinski definition) is 4. The van der Waals surface area contributed by atoms with Crippen LogP contribution in [-0.4, -0.2) is 52.1 Å². The van der Waals surface area contributed by atoms with Crippen molar-refractivity contribution in [3.05, 3.63) is 35.4 Å². The van der Waals surface area contributed by atoms with E-state index in [1.165, 1.54) is 7.11 Å². The molecule has 0 aliphatic carbocycles. The lowest BCUT2D eigenvalue weighted by Crippen LogP contribution is -2.39. The van der Waals surface area contributed by atoms with E-state index >= 15 is 0 Å². The van der Waals surface area contributed by atoms with Crippen molar-refractivity contribution in [1.29, 1.82) is 0 Å². The van der Waals surface area contributed by atoms with Crippen LogP contribution in [0.15, 0.2) is 29.3 Å². The fourth-order valence-corrected chi connectivity index (χ4v) is 1.94. The van der Waals surface area contributed by atoms with Crippen LogP contribution in [0.5, 0.6) is 0 Å². The molecule has 1 aromatic carbocycles. The van der Waals surface area contributed by atoms with Crippen molar-refractivity contribution in [2.24, 2.45) is 4.99 Å². The highest BCUT2D eigenvalue weighted by atomic mass is 127. The molecule has 134 valence electrons. The maximum atomic E-state index is 11.6. The summed E-state index contributed by atoms with van der Waals surface area (Å²) >= 11 is 0. The predicted octanol–water partition coefficient (Wildman–Crippen LogP) is 0.935. The molecule has 0 heterocycles. The standard InChI is InChI=1S/C16H24N4O3.HI/c1-17-15(22)13-6-4-5-12(11-13)7-9-19-16(18-2)20-10-8-14(21)23-3;/h4-6,11H,7-10H2,1-3H3,(H,17,22)(H2,18,19,20);1H. The van der Waals surface area contributed by atoms with Crippen LogP contribution < -0.4 is 16.0 Å². The summed E-state index contributed by atoms with van der Waals surface area (Å²) in [4.78, 5) is 26.7. The van der Waals surface area contributed by atoms with E-state index in [2.05, 4.69) is 25.7 Å². The van der Waals surface area contributed by atoms with Crippen LogP contribution in [0.4, 0.5) is 0 Å². The lowest BCUT2D eigenvalue weighted by Gasteiger charge is -2.11. The predicted molar refractivity (Wildman–Crippen MR) is 105 cm³/mol. The molecule has 0 atom stereocenters. The molecule has 0 fully saturated rings. The van der Waals surface area contributed by atoms with Crippen LogP contribution in [0, 0.1) is 0 Å². The molecule has 1 rings (SSSR count). The number of benzene rings is 1. The number of nitrogens with one attached hydrogen (secondary N) is 3. The Bertz CT molecular complexity index is 564. The summed E-state index contributed by atoms with van der Waals surface area (Å²) in [5.74, 6) is 0.260. The maximum absolute atomic E-state index is 11.6. The Morgan fingerprint density at radius 3 is 2.54 bits per heavy atom. The zero-order chi connectivity index (χ0) is 17.1. The molecule has 7 nitrogen and oxygen atoms in total. The van der Waals surface area contributed by atoms with Gasteiger partial charge in [-0.05, 0) is 24.1 Å². The molecule has 0 spiro atoms. The monoisotopic (exact) mass is 448 g/mol. The van der Waals surface area contributed by atoms with E-state index in [0.717, 1.165) is 12.0 Å². The zero-order valence-electron chi connectivity index (χ0n) is 14.2. The van der Waals surface area contributed by atoms with E-state index in [0.29, 0.717) is 24.6 Å². The second kappa shape index (κ2) is 12.6. The normalized spacial score (nSPS) is 10.4. The van der Waals surface area contributed by atoms with E-state index in [4.69, 9.17) is 0 Å². The van der Waals surface area contributed by atoms with Crippen LogP contribution in [0.25, 0.3) is 0 Å². The first kappa shape index (κ1) is 22.2. The minimum absolute atomic E-state index is 0. The van der Waals surface area contributed by atoms with Gasteiger partial charge in [-0.3, -0.25) is 14.6 Å². The number of rotatable bonds is 7. The Hall–Kier alpha value is -1.84. The molecule has 0 aliphatic heterocycles. The Morgan fingerprint density at radius 2 is 1.92 bits per heavy atom. The van der Waals surface area contributed by atoms with Crippen LogP contribution in [0.3, 0.4) is 0 Å². The summed E-state index contributed by atoms with van der Waals surface area (Å²) in [7, 11) is 4.64. The van der Waals surface area contributed by atoms with Crippen molar-refractivity contribution in [3.63, 3.8) is 0 Å². The average Bonchev–Trinajstić information content (AvgIpc) is 2.59. The van der Waals surface area contributed by atoms with Gasteiger partial charge in [-0.25, -0.2) is 0 Å². The highest BCUT2D eigenvalue weighted by molar-refractivity contribution is 14.0. The molecule has 1 aromatic rings. The molecule has 1 amide bonds. The van der Waals surface area contributed by atoms with Gasteiger partial charge in [0.2, 0.25) is 0 Å². The number of esters is 1. The van der Waals surface area contributed by atoms with E-state index in [1.54, 1.807) is 20.2 Å². The van der Waals surface area contributed by atoms with Crippen LogP contribution >= 0.6 is 24.0 Å². The summed E-state index contributed by atoms with van der Waals surface area (Å²) in [6.45, 7) is 1.12. The Labute approximate surface area is 159 Å². The van der Waals surface area contributed by atoms with Gasteiger partial charge in [0.05, 0.1) is 13.5 Å². The SMILES string of the molecule is CN=C(NCCC(=O)OC)NCCc1cccc(C(=O)NC)c1.I. The molecular formula is C16H25IN4O3. The number of carbonyl (C=O) groups excluding carboxylic acids is 2. The summed E-state index contributed by atoms with van der Waals surface area (Å²) in [6, 6.07) is 7.49. The van der Waals surface area contributed by atoms with Crippen molar-refractivity contribution in [2.75, 3.05) is 34.3 Å². The third-order valence-electron chi connectivity index (χ3n) is 3.20. The molecule has 0 saturated carbocycles. The lowest BCUT2D eigenvalue weighted by molar-refractivity contribution is -0.140. The number of ether oxygens (including phenoxy) is 1. The number of halogens is 1. The van der Waals surface area contributed by atoms with E-state index in [-0.39, 0.29) is 42.3 Å². The minimum Gasteiger partial charge on any atom is -0.469 e. The molecule has 8 heteroatoms. The van der Waals surface area contributed by atoms with Gasteiger partial charge in [-0.1, -0.05) is 12.1 Å². The van der Waals surface area contributed by atoms with Crippen molar-refractivity contribution in [2.45, 2.75) is 12.8 Å². The maximum Gasteiger partial charge on any atom is 0.307 e. The first-order valence-electron chi connectivity index (χ1n) is 7.43. The van der Waals surface area contributed by atoms with Gasteiger partial charge in [-0.15, -0.1) is 24.0 Å². The van der Waals surface area contributed by atoms with Gasteiger partial charge < -0.3 is 20.7 Å². The topological polar surface area (TPSA) is 91.8 Å². The lowest BCUT2D eigenvalue weighted by atomic mass is 10.1. The Morgan fingerprint density at radius 1 is 1.21 bits per heavy atom. The van der Waals surface area contributed by atoms with Gasteiger partial charge in [0, 0.05) is 32.7 Å². The highest BCUT2D eigenvalue weighted by Gasteiger charge is 2.04. The van der Waals surface area contributed by atoms with Gasteiger partial charge >= 0.3 is 5.97 Å². The number of amides is 1. The second-order valence-electron chi connectivity index (χ2n) is 4.78. The smallest absolute Gasteiger partial charge is 0.307 e. The van der Waals surface area contributed by atoms with Crippen LogP contribution in [-0.2, 0) is 16.0 Å². The number of carbonyl (C=O) groups is 2. The number of nitrogens with zero attached hydrogens (tertiary/aromatic N) is 1. The second-order valence-corrected chi connectivity index (χ2v) is 4.78. The fraction of sp³-hybridized carbons (Fsp3) is 0.438. The van der Waals surface area contributed by atoms with Gasteiger partial charge in [0.1, 0.15) is 0 Å². The molecule has 0 aliphatic rings.